The molecule has 0 aliphatic carbocycles. The molecule has 0 saturated carbocycles. The number of rotatable bonds is 12. The second-order valence-electron chi connectivity index (χ2n) is 10.4. The van der Waals surface area contributed by atoms with Crippen molar-refractivity contribution in [3.63, 3.8) is 0 Å². The number of aryl methyl sites for hydroxylation is 2. The van der Waals surface area contributed by atoms with Crippen molar-refractivity contribution in [2.24, 2.45) is 0 Å². The first-order chi connectivity index (χ1) is 19.4. The number of nitrogens with zero attached hydrogens (tertiary/aromatic N) is 2. The van der Waals surface area contributed by atoms with Crippen molar-refractivity contribution in [2.45, 2.75) is 77.9 Å². The third kappa shape index (κ3) is 7.73. The first-order valence-electron chi connectivity index (χ1n) is 13.9. The lowest BCUT2D eigenvalue weighted by Crippen LogP contribution is -2.53. The highest BCUT2D eigenvalue weighted by Crippen LogP contribution is 2.29. The smallest absolute Gasteiger partial charge is 0.264 e. The van der Waals surface area contributed by atoms with Crippen molar-refractivity contribution in [3.8, 4) is 0 Å². The number of hydrogen-bond acceptors (Lipinski definition) is 4. The molecule has 0 aliphatic rings. The normalized spacial score (nSPS) is 12.9. The van der Waals surface area contributed by atoms with Crippen LogP contribution >= 0.6 is 0 Å². The molecule has 220 valence electrons. The van der Waals surface area contributed by atoms with Crippen LogP contribution in [0.1, 0.15) is 55.9 Å². The van der Waals surface area contributed by atoms with Gasteiger partial charge < -0.3 is 10.2 Å². The van der Waals surface area contributed by atoms with Crippen LogP contribution in [0.5, 0.6) is 0 Å². The van der Waals surface area contributed by atoms with Gasteiger partial charge in [-0.05, 0) is 87.6 Å². The van der Waals surface area contributed by atoms with Gasteiger partial charge in [-0.1, -0.05) is 55.8 Å². The van der Waals surface area contributed by atoms with Crippen LogP contribution in [0.15, 0.2) is 71.6 Å². The summed E-state index contributed by atoms with van der Waals surface area (Å²) < 4.78 is 42.9. The highest BCUT2D eigenvalue weighted by molar-refractivity contribution is 7.92. The Kier molecular flexibility index (Phi) is 10.7. The van der Waals surface area contributed by atoms with Gasteiger partial charge in [0.2, 0.25) is 11.8 Å². The second kappa shape index (κ2) is 13.8. The minimum atomic E-state index is -4.16. The SMILES string of the molecule is CC[C@@H](C)NC(=O)[C@H](CC)N(Cc1ccc(F)cc1)C(=O)CN(c1cccc(C)c1C)S(=O)(=O)c1ccc(C)cc1. The van der Waals surface area contributed by atoms with Crippen LogP contribution in [-0.2, 0) is 26.2 Å². The Morgan fingerprint density at radius 1 is 0.902 bits per heavy atom. The number of anilines is 1. The van der Waals surface area contributed by atoms with Crippen molar-refractivity contribution in [1.82, 2.24) is 10.2 Å². The molecule has 0 aromatic heterocycles. The van der Waals surface area contributed by atoms with E-state index in [1.807, 2.05) is 40.7 Å². The molecule has 0 aliphatic heterocycles. The molecule has 3 aromatic carbocycles. The number of nitrogens with one attached hydrogen (secondary N) is 1. The summed E-state index contributed by atoms with van der Waals surface area (Å²) in [5.41, 5.74) is 3.51. The molecule has 0 spiro atoms. The van der Waals surface area contributed by atoms with Crippen molar-refractivity contribution in [3.05, 3.63) is 94.8 Å². The molecule has 1 N–H and O–H groups in total. The monoisotopic (exact) mass is 581 g/mol. The number of benzene rings is 3. The number of carbonyl (C=O) groups excluding carboxylic acids is 2. The maximum atomic E-state index is 14.2. The molecule has 0 bridgehead atoms. The Labute approximate surface area is 243 Å². The quantitative estimate of drug-likeness (QED) is 0.299. The van der Waals surface area contributed by atoms with Crippen molar-refractivity contribution < 1.29 is 22.4 Å². The van der Waals surface area contributed by atoms with E-state index < -0.39 is 34.3 Å². The van der Waals surface area contributed by atoms with E-state index in [2.05, 4.69) is 5.32 Å². The molecule has 0 radical (unpaired) electrons. The number of carbonyl (C=O) groups is 2. The van der Waals surface area contributed by atoms with Crippen molar-refractivity contribution in [1.29, 1.82) is 0 Å². The summed E-state index contributed by atoms with van der Waals surface area (Å²) in [6.07, 6.45) is 1.02. The summed E-state index contributed by atoms with van der Waals surface area (Å²) in [5, 5.41) is 2.95. The third-order valence-electron chi connectivity index (χ3n) is 7.39. The molecule has 2 atom stereocenters. The molecule has 0 saturated heterocycles. The Balaban J connectivity index is 2.10. The number of halogens is 1. The van der Waals surface area contributed by atoms with E-state index in [1.54, 1.807) is 43.3 Å². The fraction of sp³-hybridized carbons (Fsp3) is 0.375. The Bertz CT molecular complexity index is 1460. The van der Waals surface area contributed by atoms with Gasteiger partial charge in [0.1, 0.15) is 18.4 Å². The Morgan fingerprint density at radius 3 is 2.12 bits per heavy atom. The standard InChI is InChI=1S/C32H40FN3O4S/c1-7-24(5)34-32(38)29(8-2)35(20-26-14-16-27(33)17-15-26)31(37)21-36(30-11-9-10-23(4)25(30)6)41(39,40)28-18-12-22(3)13-19-28/h9-19,24,29H,7-8,20-21H2,1-6H3,(H,34,38)/t24-,29+/m1/s1. The first kappa shape index (κ1) is 31.8. The summed E-state index contributed by atoms with van der Waals surface area (Å²) in [5.74, 6) is -1.28. The van der Waals surface area contributed by atoms with Crippen LogP contribution < -0.4 is 9.62 Å². The molecule has 0 unspecified atom stereocenters. The summed E-state index contributed by atoms with van der Waals surface area (Å²) in [7, 11) is -4.16. The largest absolute Gasteiger partial charge is 0.352 e. The van der Waals surface area contributed by atoms with E-state index in [9.17, 15) is 22.4 Å². The van der Waals surface area contributed by atoms with E-state index >= 15 is 0 Å². The van der Waals surface area contributed by atoms with Gasteiger partial charge in [-0.15, -0.1) is 0 Å². The summed E-state index contributed by atoms with van der Waals surface area (Å²) in [4.78, 5) is 28.9. The van der Waals surface area contributed by atoms with E-state index in [1.165, 1.54) is 29.2 Å². The van der Waals surface area contributed by atoms with E-state index in [0.29, 0.717) is 24.1 Å². The summed E-state index contributed by atoms with van der Waals surface area (Å²) in [6.45, 7) is 10.7. The van der Waals surface area contributed by atoms with Crippen molar-refractivity contribution in [2.75, 3.05) is 10.8 Å². The molecule has 0 heterocycles. The first-order valence-corrected chi connectivity index (χ1v) is 15.3. The zero-order chi connectivity index (χ0) is 30.3. The molecule has 7 nitrogen and oxygen atoms in total. The zero-order valence-corrected chi connectivity index (χ0v) is 25.5. The molecular weight excluding hydrogens is 541 g/mol. The summed E-state index contributed by atoms with van der Waals surface area (Å²) >= 11 is 0. The second-order valence-corrected chi connectivity index (χ2v) is 12.3. The van der Waals surface area contributed by atoms with Crippen LogP contribution in [0.25, 0.3) is 0 Å². The fourth-order valence-corrected chi connectivity index (χ4v) is 5.98. The van der Waals surface area contributed by atoms with E-state index in [0.717, 1.165) is 21.0 Å². The van der Waals surface area contributed by atoms with Gasteiger partial charge in [0.15, 0.2) is 0 Å². The highest BCUT2D eigenvalue weighted by Gasteiger charge is 2.34. The summed E-state index contributed by atoms with van der Waals surface area (Å²) in [6, 6.07) is 16.5. The van der Waals surface area contributed by atoms with Crippen LogP contribution in [0.2, 0.25) is 0 Å². The van der Waals surface area contributed by atoms with Gasteiger partial charge in [-0.25, -0.2) is 12.8 Å². The van der Waals surface area contributed by atoms with Gasteiger partial charge in [0.25, 0.3) is 10.0 Å². The van der Waals surface area contributed by atoms with Gasteiger partial charge in [-0.2, -0.15) is 0 Å². The maximum absolute atomic E-state index is 14.2. The third-order valence-corrected chi connectivity index (χ3v) is 9.16. The minimum Gasteiger partial charge on any atom is -0.352 e. The van der Waals surface area contributed by atoms with Crippen LogP contribution in [0, 0.1) is 26.6 Å². The Hall–Kier alpha value is -3.72. The number of amides is 2. The molecule has 0 fully saturated rings. The van der Waals surface area contributed by atoms with E-state index in [4.69, 9.17) is 0 Å². The molecule has 3 rings (SSSR count). The predicted octanol–water partition coefficient (Wildman–Crippen LogP) is 5.67. The van der Waals surface area contributed by atoms with Crippen LogP contribution in [0.4, 0.5) is 10.1 Å². The highest BCUT2D eigenvalue weighted by atomic mass is 32.2. The molecule has 2 amide bonds. The van der Waals surface area contributed by atoms with Crippen LogP contribution in [0.3, 0.4) is 0 Å². The van der Waals surface area contributed by atoms with Gasteiger partial charge in [0.05, 0.1) is 10.6 Å². The number of sulfonamides is 1. The van der Waals surface area contributed by atoms with Gasteiger partial charge in [-0.3, -0.25) is 13.9 Å². The van der Waals surface area contributed by atoms with Crippen LogP contribution in [-0.4, -0.2) is 43.8 Å². The van der Waals surface area contributed by atoms with E-state index in [-0.39, 0.29) is 23.4 Å². The molecule has 41 heavy (non-hydrogen) atoms. The number of hydrogen-bond donors (Lipinski definition) is 1. The van der Waals surface area contributed by atoms with Gasteiger partial charge in [0, 0.05) is 12.6 Å². The van der Waals surface area contributed by atoms with Crippen molar-refractivity contribution >= 4 is 27.5 Å². The Morgan fingerprint density at radius 2 is 1.54 bits per heavy atom. The average molecular weight is 582 g/mol. The zero-order valence-electron chi connectivity index (χ0n) is 24.6. The lowest BCUT2D eigenvalue weighted by atomic mass is 10.1. The lowest BCUT2D eigenvalue weighted by Gasteiger charge is -2.34. The minimum absolute atomic E-state index is 0.0107. The molecule has 9 heteroatoms. The van der Waals surface area contributed by atoms with Gasteiger partial charge >= 0.3 is 0 Å². The average Bonchev–Trinajstić information content (AvgIpc) is 2.94. The molecular formula is C32H40FN3O4S. The maximum Gasteiger partial charge on any atom is 0.264 e. The fourth-order valence-electron chi connectivity index (χ4n) is 4.50. The predicted molar refractivity (Wildman–Crippen MR) is 161 cm³/mol. The lowest BCUT2D eigenvalue weighted by molar-refractivity contribution is -0.140. The topological polar surface area (TPSA) is 86.8 Å². The molecule has 3 aromatic rings.